The van der Waals surface area contributed by atoms with E-state index < -0.39 is 6.04 Å². The Bertz CT molecular complexity index is 877. The second-order valence-corrected chi connectivity index (χ2v) is 7.78. The number of anilines is 1. The molecule has 0 unspecified atom stereocenters. The largest absolute Gasteiger partial charge is 0.327 e. The van der Waals surface area contributed by atoms with E-state index in [2.05, 4.69) is 42.5 Å². The molecule has 1 heterocycles. The number of halogens is 2. The van der Waals surface area contributed by atoms with Gasteiger partial charge in [-0.3, -0.25) is 4.79 Å². The molecule has 2 aromatic carbocycles. The summed E-state index contributed by atoms with van der Waals surface area (Å²) in [5, 5.41) is 5.81. The minimum absolute atomic E-state index is 0.240. The Labute approximate surface area is 168 Å². The Morgan fingerprint density at radius 2 is 1.58 bits per heavy atom. The third-order valence-electron chi connectivity index (χ3n) is 4.30. The molecule has 5 nitrogen and oxygen atoms in total. The number of carbonyl (C=O) groups is 2. The zero-order chi connectivity index (χ0) is 18.8. The lowest BCUT2D eigenvalue weighted by Gasteiger charge is -2.33. The van der Waals surface area contributed by atoms with Crippen LogP contribution in [-0.4, -0.2) is 23.9 Å². The topological polar surface area (TPSA) is 61.4 Å². The van der Waals surface area contributed by atoms with Crippen LogP contribution in [0.15, 0.2) is 68.7 Å². The van der Waals surface area contributed by atoms with Gasteiger partial charge in [-0.15, -0.1) is 0 Å². The molecular weight excluding hydrogens is 462 g/mol. The van der Waals surface area contributed by atoms with Gasteiger partial charge in [0.2, 0.25) is 0 Å². The molecule has 2 aromatic rings. The number of nitrogens with one attached hydrogen (secondary N) is 2. The maximum atomic E-state index is 13.0. The first-order chi connectivity index (χ1) is 12.4. The molecular formula is C19H17Br2N3O2. The molecule has 2 N–H and O–H groups in total. The predicted molar refractivity (Wildman–Crippen MR) is 109 cm³/mol. The molecule has 0 saturated heterocycles. The zero-order valence-electron chi connectivity index (χ0n) is 14.2. The monoisotopic (exact) mass is 477 g/mol. The lowest BCUT2D eigenvalue weighted by molar-refractivity contribution is -0.113. The van der Waals surface area contributed by atoms with E-state index in [1.807, 2.05) is 48.5 Å². The molecule has 3 amide bonds. The summed E-state index contributed by atoms with van der Waals surface area (Å²) in [6, 6.07) is 14.2. The highest BCUT2D eigenvalue weighted by atomic mass is 79.9. The van der Waals surface area contributed by atoms with E-state index in [1.165, 1.54) is 4.90 Å². The van der Waals surface area contributed by atoms with E-state index in [1.54, 1.807) is 14.0 Å². The van der Waals surface area contributed by atoms with E-state index in [-0.39, 0.29) is 11.9 Å². The fraction of sp³-hybridized carbons (Fsp3) is 0.158. The van der Waals surface area contributed by atoms with Crippen LogP contribution in [0.1, 0.15) is 18.5 Å². The minimum atomic E-state index is -0.512. The van der Waals surface area contributed by atoms with E-state index >= 15 is 0 Å². The van der Waals surface area contributed by atoms with Crippen LogP contribution in [0.2, 0.25) is 0 Å². The maximum Gasteiger partial charge on any atom is 0.322 e. The second-order valence-electron chi connectivity index (χ2n) is 5.95. The summed E-state index contributed by atoms with van der Waals surface area (Å²) < 4.78 is 1.87. The van der Waals surface area contributed by atoms with E-state index in [0.29, 0.717) is 17.0 Å². The Morgan fingerprint density at radius 3 is 2.15 bits per heavy atom. The fourth-order valence-electron chi connectivity index (χ4n) is 2.77. The summed E-state index contributed by atoms with van der Waals surface area (Å²) in [4.78, 5) is 26.7. The van der Waals surface area contributed by atoms with Crippen molar-refractivity contribution in [2.75, 3.05) is 12.4 Å². The van der Waals surface area contributed by atoms with Gasteiger partial charge in [0.15, 0.2) is 0 Å². The van der Waals surface area contributed by atoms with Gasteiger partial charge < -0.3 is 15.5 Å². The van der Waals surface area contributed by atoms with Crippen LogP contribution in [0, 0.1) is 0 Å². The summed E-state index contributed by atoms with van der Waals surface area (Å²) in [5.74, 6) is -0.246. The molecule has 3 rings (SSSR count). The third kappa shape index (κ3) is 3.83. The van der Waals surface area contributed by atoms with Crippen molar-refractivity contribution in [3.8, 4) is 0 Å². The van der Waals surface area contributed by atoms with Gasteiger partial charge >= 0.3 is 6.03 Å². The van der Waals surface area contributed by atoms with Crippen LogP contribution < -0.4 is 10.6 Å². The number of amides is 3. The normalized spacial score (nSPS) is 17.2. The molecule has 0 fully saturated rings. The van der Waals surface area contributed by atoms with E-state index in [9.17, 15) is 9.59 Å². The molecule has 1 aliphatic heterocycles. The first-order valence-corrected chi connectivity index (χ1v) is 9.53. The van der Waals surface area contributed by atoms with Crippen molar-refractivity contribution < 1.29 is 9.59 Å². The summed E-state index contributed by atoms with van der Waals surface area (Å²) in [6.45, 7) is 1.78. The summed E-state index contributed by atoms with van der Waals surface area (Å²) in [5.41, 5.74) is 2.66. The van der Waals surface area contributed by atoms with Crippen molar-refractivity contribution in [3.63, 3.8) is 0 Å². The van der Waals surface area contributed by atoms with Crippen molar-refractivity contribution in [2.45, 2.75) is 13.0 Å². The predicted octanol–water partition coefficient (Wildman–Crippen LogP) is 4.82. The van der Waals surface area contributed by atoms with Crippen LogP contribution in [0.25, 0.3) is 0 Å². The van der Waals surface area contributed by atoms with Crippen molar-refractivity contribution >= 4 is 49.5 Å². The van der Waals surface area contributed by atoms with Gasteiger partial charge in [-0.1, -0.05) is 44.0 Å². The quantitative estimate of drug-likeness (QED) is 0.664. The van der Waals surface area contributed by atoms with Crippen LogP contribution >= 0.6 is 31.9 Å². The molecule has 0 aromatic heterocycles. The van der Waals surface area contributed by atoms with Crippen LogP contribution in [0.4, 0.5) is 10.5 Å². The van der Waals surface area contributed by atoms with Gasteiger partial charge in [-0.2, -0.15) is 0 Å². The first kappa shape index (κ1) is 18.7. The molecule has 134 valence electrons. The molecule has 0 aliphatic carbocycles. The molecule has 0 radical (unpaired) electrons. The van der Waals surface area contributed by atoms with E-state index in [4.69, 9.17) is 0 Å². The first-order valence-electron chi connectivity index (χ1n) is 7.94. The standard InChI is InChI=1S/C19H17Br2N3O2/c1-11-16(18(25)22-15-9-7-14(21)8-10-15)17(23-19(26)24(11)2)12-3-5-13(20)6-4-12/h3-10,17H,1-2H3,(H,22,25)(H,23,26)/t17-/m1/s1. The Balaban J connectivity index is 1.97. The van der Waals surface area contributed by atoms with Crippen molar-refractivity contribution in [1.29, 1.82) is 0 Å². The Hall–Kier alpha value is -2.12. The highest BCUT2D eigenvalue weighted by Crippen LogP contribution is 2.31. The number of nitrogens with zero attached hydrogens (tertiary/aromatic N) is 1. The van der Waals surface area contributed by atoms with Crippen LogP contribution in [0.5, 0.6) is 0 Å². The molecule has 1 aliphatic rings. The molecule has 7 heteroatoms. The molecule has 26 heavy (non-hydrogen) atoms. The van der Waals surface area contributed by atoms with Gasteiger partial charge in [-0.05, 0) is 48.9 Å². The number of rotatable bonds is 3. The zero-order valence-corrected chi connectivity index (χ0v) is 17.4. The minimum Gasteiger partial charge on any atom is -0.327 e. The smallest absolute Gasteiger partial charge is 0.322 e. The van der Waals surface area contributed by atoms with Crippen molar-refractivity contribution in [2.24, 2.45) is 0 Å². The molecule has 0 bridgehead atoms. The van der Waals surface area contributed by atoms with Gasteiger partial charge in [0.05, 0.1) is 11.6 Å². The fourth-order valence-corrected chi connectivity index (χ4v) is 3.30. The van der Waals surface area contributed by atoms with E-state index in [0.717, 1.165) is 14.5 Å². The average molecular weight is 479 g/mol. The lowest BCUT2D eigenvalue weighted by atomic mass is 9.94. The van der Waals surface area contributed by atoms with Gasteiger partial charge in [-0.25, -0.2) is 4.79 Å². The molecule has 0 saturated carbocycles. The summed E-state index contributed by atoms with van der Waals surface area (Å²) in [6.07, 6.45) is 0. The number of hydrogen-bond acceptors (Lipinski definition) is 2. The molecule has 0 spiro atoms. The Morgan fingerprint density at radius 1 is 1.04 bits per heavy atom. The van der Waals surface area contributed by atoms with Crippen molar-refractivity contribution in [3.05, 3.63) is 74.3 Å². The van der Waals surface area contributed by atoms with Gasteiger partial charge in [0, 0.05) is 27.4 Å². The van der Waals surface area contributed by atoms with Gasteiger partial charge in [0.25, 0.3) is 5.91 Å². The average Bonchev–Trinajstić information content (AvgIpc) is 2.62. The number of hydrogen-bond donors (Lipinski definition) is 2. The summed E-state index contributed by atoms with van der Waals surface area (Å²) >= 11 is 6.78. The summed E-state index contributed by atoms with van der Waals surface area (Å²) in [7, 11) is 1.65. The van der Waals surface area contributed by atoms with Crippen LogP contribution in [0.3, 0.4) is 0 Å². The number of urea groups is 1. The lowest BCUT2D eigenvalue weighted by Crippen LogP contribution is -2.46. The highest BCUT2D eigenvalue weighted by Gasteiger charge is 2.34. The number of carbonyl (C=O) groups excluding carboxylic acids is 2. The third-order valence-corrected chi connectivity index (χ3v) is 5.36. The molecule has 1 atom stereocenters. The maximum absolute atomic E-state index is 13.0. The Kier molecular flexibility index (Phi) is 5.48. The van der Waals surface area contributed by atoms with Crippen molar-refractivity contribution in [1.82, 2.24) is 10.2 Å². The highest BCUT2D eigenvalue weighted by molar-refractivity contribution is 9.10. The van der Waals surface area contributed by atoms with Crippen LogP contribution in [-0.2, 0) is 4.79 Å². The SMILES string of the molecule is CC1=C(C(=O)Nc2ccc(Br)cc2)[C@@H](c2ccc(Br)cc2)NC(=O)N1C. The number of benzene rings is 2. The number of allylic oxidation sites excluding steroid dienone is 1. The second kappa shape index (κ2) is 7.63. The van der Waals surface area contributed by atoms with Gasteiger partial charge in [0.1, 0.15) is 0 Å².